The molecule has 1 aromatic carbocycles. The smallest absolute Gasteiger partial charge is 0.352 e. The highest BCUT2D eigenvalue weighted by atomic mass is 16.4. The molecule has 2 aromatic heterocycles. The molecular formula is C18H18N2O2. The summed E-state index contributed by atoms with van der Waals surface area (Å²) in [6.07, 6.45) is 1.72. The molecule has 0 fully saturated rings. The number of rotatable bonds is 4. The van der Waals surface area contributed by atoms with Crippen molar-refractivity contribution in [2.24, 2.45) is 0 Å². The third kappa shape index (κ3) is 2.60. The number of hydrogen-bond donors (Lipinski definition) is 1. The maximum atomic E-state index is 11.6. The number of aromatic carboxylic acids is 1. The molecule has 0 saturated heterocycles. The molecule has 0 atom stereocenters. The third-order valence-electron chi connectivity index (χ3n) is 3.86. The number of aromatic nitrogens is 2. The highest BCUT2D eigenvalue weighted by molar-refractivity contribution is 5.95. The first-order chi connectivity index (χ1) is 10.6. The van der Waals surface area contributed by atoms with E-state index in [1.807, 2.05) is 28.8 Å². The summed E-state index contributed by atoms with van der Waals surface area (Å²) in [4.78, 5) is 15.9. The predicted octanol–water partition coefficient (Wildman–Crippen LogP) is 3.91. The van der Waals surface area contributed by atoms with Crippen molar-refractivity contribution in [3.05, 3.63) is 65.6 Å². The van der Waals surface area contributed by atoms with Gasteiger partial charge in [-0.15, -0.1) is 0 Å². The van der Waals surface area contributed by atoms with Gasteiger partial charge in [-0.05, 0) is 41.8 Å². The number of hydrogen-bond acceptors (Lipinski definition) is 2. The number of benzene rings is 1. The fourth-order valence-electron chi connectivity index (χ4n) is 2.65. The minimum Gasteiger partial charge on any atom is -0.477 e. The van der Waals surface area contributed by atoms with E-state index in [2.05, 4.69) is 31.0 Å². The first kappa shape index (κ1) is 14.3. The van der Waals surface area contributed by atoms with E-state index < -0.39 is 5.97 Å². The van der Waals surface area contributed by atoms with Gasteiger partial charge >= 0.3 is 5.97 Å². The van der Waals surface area contributed by atoms with Gasteiger partial charge < -0.3 is 9.67 Å². The van der Waals surface area contributed by atoms with E-state index in [0.717, 1.165) is 16.6 Å². The summed E-state index contributed by atoms with van der Waals surface area (Å²) in [5.41, 5.74) is 3.27. The summed E-state index contributed by atoms with van der Waals surface area (Å²) in [6, 6.07) is 13.5. The van der Waals surface area contributed by atoms with Gasteiger partial charge in [0.15, 0.2) is 0 Å². The van der Waals surface area contributed by atoms with Crippen molar-refractivity contribution in [3.63, 3.8) is 0 Å². The molecule has 22 heavy (non-hydrogen) atoms. The normalized spacial score (nSPS) is 11.2. The summed E-state index contributed by atoms with van der Waals surface area (Å²) in [5, 5.41) is 10.4. The molecule has 3 rings (SSSR count). The van der Waals surface area contributed by atoms with Gasteiger partial charge in [0, 0.05) is 17.1 Å². The van der Waals surface area contributed by atoms with Gasteiger partial charge in [-0.2, -0.15) is 0 Å². The fraction of sp³-hybridized carbons (Fsp3) is 0.222. The number of pyridine rings is 1. The first-order valence-corrected chi connectivity index (χ1v) is 7.32. The van der Waals surface area contributed by atoms with Crippen LogP contribution >= 0.6 is 0 Å². The minimum absolute atomic E-state index is 0.293. The van der Waals surface area contributed by atoms with Crippen LogP contribution in [-0.4, -0.2) is 20.6 Å². The number of carboxylic acids is 1. The molecule has 0 saturated carbocycles. The Morgan fingerprint density at radius 3 is 2.68 bits per heavy atom. The summed E-state index contributed by atoms with van der Waals surface area (Å²) in [7, 11) is 0. The lowest BCUT2D eigenvalue weighted by atomic mass is 10.0. The number of carboxylic acid groups (broad SMARTS) is 1. The quantitative estimate of drug-likeness (QED) is 0.793. The number of carbonyl (C=O) groups is 1. The molecule has 0 aliphatic carbocycles. The molecule has 4 nitrogen and oxygen atoms in total. The summed E-state index contributed by atoms with van der Waals surface area (Å²) in [5.74, 6) is -0.505. The van der Waals surface area contributed by atoms with Gasteiger partial charge in [-0.3, -0.25) is 4.98 Å². The highest BCUT2D eigenvalue weighted by Crippen LogP contribution is 2.25. The Morgan fingerprint density at radius 2 is 2.05 bits per heavy atom. The SMILES string of the molecule is CC(C)c1ccc2c(c1)cc(C(=O)O)n2Cc1ccccn1. The lowest BCUT2D eigenvalue weighted by Gasteiger charge is -2.09. The highest BCUT2D eigenvalue weighted by Gasteiger charge is 2.16. The van der Waals surface area contributed by atoms with E-state index >= 15 is 0 Å². The van der Waals surface area contributed by atoms with Crippen LogP contribution in [0.3, 0.4) is 0 Å². The van der Waals surface area contributed by atoms with Crippen LogP contribution in [-0.2, 0) is 6.54 Å². The van der Waals surface area contributed by atoms with Gasteiger partial charge in [-0.1, -0.05) is 26.0 Å². The van der Waals surface area contributed by atoms with Crippen molar-refractivity contribution in [3.8, 4) is 0 Å². The van der Waals surface area contributed by atoms with Crippen LogP contribution in [0.4, 0.5) is 0 Å². The molecule has 0 aliphatic heterocycles. The Bertz CT molecular complexity index is 820. The zero-order chi connectivity index (χ0) is 15.7. The van der Waals surface area contributed by atoms with Crippen molar-refractivity contribution < 1.29 is 9.90 Å². The molecule has 1 N–H and O–H groups in total. The van der Waals surface area contributed by atoms with E-state index in [9.17, 15) is 9.90 Å². The lowest BCUT2D eigenvalue weighted by molar-refractivity contribution is 0.0686. The predicted molar refractivity (Wildman–Crippen MR) is 86.3 cm³/mol. The number of nitrogens with zero attached hydrogens (tertiary/aromatic N) is 2. The first-order valence-electron chi connectivity index (χ1n) is 7.32. The summed E-state index contributed by atoms with van der Waals surface area (Å²) in [6.45, 7) is 4.71. The Kier molecular flexibility index (Phi) is 3.67. The van der Waals surface area contributed by atoms with Crippen molar-refractivity contribution in [1.82, 2.24) is 9.55 Å². The zero-order valence-corrected chi connectivity index (χ0v) is 12.7. The second kappa shape index (κ2) is 5.64. The molecule has 2 heterocycles. The van der Waals surface area contributed by atoms with Crippen LogP contribution < -0.4 is 0 Å². The van der Waals surface area contributed by atoms with E-state index in [1.165, 1.54) is 5.56 Å². The minimum atomic E-state index is -0.918. The van der Waals surface area contributed by atoms with Crippen LogP contribution in [0, 0.1) is 0 Å². The van der Waals surface area contributed by atoms with Crippen LogP contribution in [0.2, 0.25) is 0 Å². The number of fused-ring (bicyclic) bond motifs is 1. The van der Waals surface area contributed by atoms with Crippen molar-refractivity contribution >= 4 is 16.9 Å². The molecule has 3 aromatic rings. The van der Waals surface area contributed by atoms with Crippen LogP contribution in [0.1, 0.15) is 41.5 Å². The Morgan fingerprint density at radius 1 is 1.23 bits per heavy atom. The molecule has 0 unspecified atom stereocenters. The van der Waals surface area contributed by atoms with E-state index in [0.29, 0.717) is 18.2 Å². The van der Waals surface area contributed by atoms with Crippen LogP contribution in [0.5, 0.6) is 0 Å². The van der Waals surface area contributed by atoms with Gasteiger partial charge in [0.25, 0.3) is 0 Å². The monoisotopic (exact) mass is 294 g/mol. The second-order valence-electron chi connectivity index (χ2n) is 5.71. The van der Waals surface area contributed by atoms with Crippen molar-refractivity contribution in [1.29, 1.82) is 0 Å². The second-order valence-corrected chi connectivity index (χ2v) is 5.71. The maximum Gasteiger partial charge on any atom is 0.352 e. The maximum absolute atomic E-state index is 11.6. The van der Waals surface area contributed by atoms with E-state index in [-0.39, 0.29) is 0 Å². The molecule has 0 bridgehead atoms. The molecule has 4 heteroatoms. The largest absolute Gasteiger partial charge is 0.477 e. The van der Waals surface area contributed by atoms with Gasteiger partial charge in [0.1, 0.15) is 5.69 Å². The lowest BCUT2D eigenvalue weighted by Crippen LogP contribution is -2.10. The molecule has 112 valence electrons. The van der Waals surface area contributed by atoms with E-state index in [4.69, 9.17) is 0 Å². The third-order valence-corrected chi connectivity index (χ3v) is 3.86. The Hall–Kier alpha value is -2.62. The average Bonchev–Trinajstić information content (AvgIpc) is 2.86. The van der Waals surface area contributed by atoms with Crippen molar-refractivity contribution in [2.75, 3.05) is 0 Å². The van der Waals surface area contributed by atoms with Crippen molar-refractivity contribution in [2.45, 2.75) is 26.3 Å². The topological polar surface area (TPSA) is 55.1 Å². The summed E-state index contributed by atoms with van der Waals surface area (Å²) >= 11 is 0. The standard InChI is InChI=1S/C18H18N2O2/c1-12(2)13-6-7-16-14(9-13)10-17(18(21)22)20(16)11-15-5-3-4-8-19-15/h3-10,12H,11H2,1-2H3,(H,21,22). The van der Waals surface area contributed by atoms with Crippen LogP contribution in [0.25, 0.3) is 10.9 Å². The average molecular weight is 294 g/mol. The van der Waals surface area contributed by atoms with Gasteiger partial charge in [0.2, 0.25) is 0 Å². The molecule has 0 radical (unpaired) electrons. The van der Waals surface area contributed by atoms with Crippen LogP contribution in [0.15, 0.2) is 48.7 Å². The molecular weight excluding hydrogens is 276 g/mol. The van der Waals surface area contributed by atoms with E-state index in [1.54, 1.807) is 12.3 Å². The molecule has 0 spiro atoms. The molecule has 0 amide bonds. The summed E-state index contributed by atoms with van der Waals surface area (Å²) < 4.78 is 1.81. The van der Waals surface area contributed by atoms with Gasteiger partial charge in [0.05, 0.1) is 12.2 Å². The fourth-order valence-corrected chi connectivity index (χ4v) is 2.65. The Labute approximate surface area is 129 Å². The Balaban J connectivity index is 2.14. The zero-order valence-electron chi connectivity index (χ0n) is 12.7. The molecule has 0 aliphatic rings. The van der Waals surface area contributed by atoms with Gasteiger partial charge in [-0.25, -0.2) is 4.79 Å².